The molecule has 0 bridgehead atoms. The monoisotopic (exact) mass is 163 g/mol. The third-order valence-electron chi connectivity index (χ3n) is 1.77. The van der Waals surface area contributed by atoms with Crippen LogP contribution in [0.25, 0.3) is 0 Å². The molecule has 4 heteroatoms. The van der Waals surface area contributed by atoms with Gasteiger partial charge in [-0.05, 0) is 28.0 Å². The Bertz CT molecular complexity index is 95.0. The van der Waals surface area contributed by atoms with E-state index in [-0.39, 0.29) is 4.97 Å². The van der Waals surface area contributed by atoms with Gasteiger partial charge < -0.3 is 10.2 Å². The molecule has 1 aliphatic heterocycles. The standard InChI is InChI=1S/C5H14NOPSi/c6-8-5(9)3-1-2-4-7-5/h8H,1-4,6H2,9H3. The zero-order valence-corrected chi connectivity index (χ0v) is 8.81. The molecular weight excluding hydrogens is 149 g/mol. The van der Waals surface area contributed by atoms with Gasteiger partial charge in [0.2, 0.25) is 0 Å². The largest absolute Gasteiger partial charge is 0.374 e. The van der Waals surface area contributed by atoms with Gasteiger partial charge in [0.25, 0.3) is 0 Å². The minimum absolute atomic E-state index is 0.165. The molecule has 0 amide bonds. The maximum Gasteiger partial charge on any atom is 0.0766 e. The number of hydrogen-bond acceptors (Lipinski definition) is 2. The fourth-order valence-corrected chi connectivity index (χ4v) is 2.11. The molecular formula is C5H14NOPSi. The highest BCUT2D eigenvalue weighted by atomic mass is 31.1. The lowest BCUT2D eigenvalue weighted by molar-refractivity contribution is 0.0417. The summed E-state index contributed by atoms with van der Waals surface area (Å²) in [6, 6.07) is 0. The Hall–Kier alpha value is 0.567. The fourth-order valence-electron chi connectivity index (χ4n) is 1.05. The molecule has 1 saturated heterocycles. The van der Waals surface area contributed by atoms with Crippen LogP contribution in [0.1, 0.15) is 19.3 Å². The molecule has 9 heavy (non-hydrogen) atoms. The van der Waals surface area contributed by atoms with Crippen molar-refractivity contribution in [2.75, 3.05) is 6.61 Å². The van der Waals surface area contributed by atoms with Gasteiger partial charge in [-0.1, -0.05) is 0 Å². The second kappa shape index (κ2) is 3.11. The highest BCUT2D eigenvalue weighted by Gasteiger charge is 2.25. The summed E-state index contributed by atoms with van der Waals surface area (Å²) in [6.45, 7) is 0.938. The van der Waals surface area contributed by atoms with Gasteiger partial charge in [-0.15, -0.1) is 0 Å². The van der Waals surface area contributed by atoms with E-state index < -0.39 is 0 Å². The predicted molar refractivity (Wildman–Crippen MR) is 45.0 cm³/mol. The Morgan fingerprint density at radius 2 is 2.33 bits per heavy atom. The van der Waals surface area contributed by atoms with Crippen LogP contribution in [0.4, 0.5) is 0 Å². The molecule has 2 N–H and O–H groups in total. The first-order valence-corrected chi connectivity index (χ1v) is 5.46. The Morgan fingerprint density at radius 3 is 2.67 bits per heavy atom. The molecule has 54 valence electrons. The SMILES string of the molecule is NPC1([SiH3])CCCCO1. The molecule has 1 rings (SSSR count). The van der Waals surface area contributed by atoms with E-state index in [4.69, 9.17) is 10.2 Å². The highest BCUT2D eigenvalue weighted by molar-refractivity contribution is 7.39. The van der Waals surface area contributed by atoms with Crippen molar-refractivity contribution < 1.29 is 4.74 Å². The first-order chi connectivity index (χ1) is 4.27. The van der Waals surface area contributed by atoms with Gasteiger partial charge in [0.15, 0.2) is 0 Å². The predicted octanol–water partition coefficient (Wildman–Crippen LogP) is -0.242. The van der Waals surface area contributed by atoms with Crippen LogP contribution >= 0.6 is 8.73 Å². The Kier molecular flexibility index (Phi) is 2.65. The van der Waals surface area contributed by atoms with Crippen LogP contribution in [0, 0.1) is 0 Å². The molecule has 2 atom stereocenters. The summed E-state index contributed by atoms with van der Waals surface area (Å²) in [5.74, 6) is 0. The van der Waals surface area contributed by atoms with E-state index in [1.807, 2.05) is 0 Å². The molecule has 1 heterocycles. The third-order valence-corrected chi connectivity index (χ3v) is 4.43. The lowest BCUT2D eigenvalue weighted by atomic mass is 10.2. The van der Waals surface area contributed by atoms with Crippen LogP contribution in [0.3, 0.4) is 0 Å². The molecule has 0 spiro atoms. The van der Waals surface area contributed by atoms with E-state index in [0.29, 0.717) is 8.73 Å². The van der Waals surface area contributed by atoms with Crippen molar-refractivity contribution in [1.82, 2.24) is 0 Å². The molecule has 2 nitrogen and oxygen atoms in total. The van der Waals surface area contributed by atoms with Crippen LogP contribution in [0.5, 0.6) is 0 Å². The van der Waals surface area contributed by atoms with E-state index in [1.165, 1.54) is 19.3 Å². The van der Waals surface area contributed by atoms with Crippen LogP contribution in [0.2, 0.25) is 0 Å². The van der Waals surface area contributed by atoms with Crippen molar-refractivity contribution >= 4 is 19.0 Å². The first-order valence-electron chi connectivity index (χ1n) is 3.39. The zero-order valence-electron chi connectivity index (χ0n) is 5.81. The summed E-state index contributed by atoms with van der Waals surface area (Å²) in [6.07, 6.45) is 3.75. The van der Waals surface area contributed by atoms with Crippen molar-refractivity contribution in [3.05, 3.63) is 0 Å². The molecule has 0 radical (unpaired) electrons. The lowest BCUT2D eigenvalue weighted by Gasteiger charge is -2.32. The maximum absolute atomic E-state index is 5.58. The van der Waals surface area contributed by atoms with Crippen molar-refractivity contribution in [3.63, 3.8) is 0 Å². The second-order valence-corrected chi connectivity index (χ2v) is 6.64. The first kappa shape index (κ1) is 7.67. The molecule has 1 aliphatic rings. The van der Waals surface area contributed by atoms with Gasteiger partial charge >= 0.3 is 0 Å². The van der Waals surface area contributed by atoms with Gasteiger partial charge in [0.05, 0.1) is 4.97 Å². The molecule has 0 aromatic carbocycles. The van der Waals surface area contributed by atoms with E-state index in [9.17, 15) is 0 Å². The summed E-state index contributed by atoms with van der Waals surface area (Å²) in [4.78, 5) is 0.165. The topological polar surface area (TPSA) is 35.2 Å². The number of ether oxygens (including phenoxy) is 1. The lowest BCUT2D eigenvalue weighted by Crippen LogP contribution is -2.33. The van der Waals surface area contributed by atoms with E-state index in [0.717, 1.165) is 16.8 Å². The minimum Gasteiger partial charge on any atom is -0.374 e. The van der Waals surface area contributed by atoms with Gasteiger partial charge in [-0.2, -0.15) is 0 Å². The van der Waals surface area contributed by atoms with E-state index in [2.05, 4.69) is 0 Å². The maximum atomic E-state index is 5.58. The molecule has 1 fully saturated rings. The average Bonchev–Trinajstić information content (AvgIpc) is 1.90. The smallest absolute Gasteiger partial charge is 0.0766 e. The van der Waals surface area contributed by atoms with Crippen molar-refractivity contribution in [2.45, 2.75) is 24.2 Å². The highest BCUT2D eigenvalue weighted by Crippen LogP contribution is 2.32. The van der Waals surface area contributed by atoms with Crippen molar-refractivity contribution in [1.29, 1.82) is 0 Å². The number of hydrogen-bond donors (Lipinski definition) is 1. The Morgan fingerprint density at radius 1 is 1.56 bits per heavy atom. The van der Waals surface area contributed by atoms with Gasteiger partial charge in [-0.3, -0.25) is 0 Å². The molecule has 0 aromatic rings. The minimum atomic E-state index is 0.165. The Labute approximate surface area is 60.8 Å². The Balaban J connectivity index is 2.37. The summed E-state index contributed by atoms with van der Waals surface area (Å²) in [7, 11) is 1.60. The van der Waals surface area contributed by atoms with Gasteiger partial charge in [0.1, 0.15) is 0 Å². The van der Waals surface area contributed by atoms with Gasteiger partial charge in [0, 0.05) is 16.8 Å². The van der Waals surface area contributed by atoms with E-state index in [1.54, 1.807) is 0 Å². The van der Waals surface area contributed by atoms with Crippen LogP contribution in [0.15, 0.2) is 0 Å². The number of nitrogens with two attached hydrogens (primary N) is 1. The molecule has 2 unspecified atom stereocenters. The summed E-state index contributed by atoms with van der Waals surface area (Å²) < 4.78 is 5.56. The number of rotatable bonds is 1. The fraction of sp³-hybridized carbons (Fsp3) is 1.00. The van der Waals surface area contributed by atoms with E-state index >= 15 is 0 Å². The molecule has 0 saturated carbocycles. The average molecular weight is 163 g/mol. The third kappa shape index (κ3) is 2.01. The van der Waals surface area contributed by atoms with Crippen LogP contribution in [-0.4, -0.2) is 21.8 Å². The second-order valence-electron chi connectivity index (χ2n) is 2.68. The van der Waals surface area contributed by atoms with Crippen molar-refractivity contribution in [2.24, 2.45) is 5.50 Å². The van der Waals surface area contributed by atoms with Gasteiger partial charge in [-0.25, -0.2) is 0 Å². The quantitative estimate of drug-likeness (QED) is 0.427. The van der Waals surface area contributed by atoms with Crippen LogP contribution in [-0.2, 0) is 4.74 Å². The summed E-state index contributed by atoms with van der Waals surface area (Å²) in [5, 5.41) is 0. The summed E-state index contributed by atoms with van der Waals surface area (Å²) >= 11 is 0. The molecule has 0 aliphatic carbocycles. The molecule has 0 aromatic heterocycles. The van der Waals surface area contributed by atoms with Crippen molar-refractivity contribution in [3.8, 4) is 0 Å². The summed E-state index contributed by atoms with van der Waals surface area (Å²) in [5.41, 5.74) is 5.58. The van der Waals surface area contributed by atoms with Crippen LogP contribution < -0.4 is 5.50 Å². The zero-order chi connectivity index (χ0) is 6.74. The normalized spacial score (nSPS) is 38.3.